The molecule has 2 saturated heterocycles. The number of carbonyl (C=O) groups is 1. The maximum atomic E-state index is 12.7. The molecule has 3 aliphatic rings. The normalized spacial score (nSPS) is 23.7. The van der Waals surface area contributed by atoms with Crippen molar-refractivity contribution in [2.75, 3.05) is 19.7 Å². The molecule has 2 aromatic carbocycles. The Hall–Kier alpha value is -3.06. The Bertz CT molecular complexity index is 1140. The number of hydrogen-bond acceptors (Lipinski definition) is 5. The molecule has 2 aliphatic heterocycles. The van der Waals surface area contributed by atoms with E-state index in [9.17, 15) is 4.79 Å². The average Bonchev–Trinajstić information content (AvgIpc) is 3.28. The van der Waals surface area contributed by atoms with E-state index in [0.29, 0.717) is 17.2 Å². The monoisotopic (exact) mass is 443 g/mol. The highest BCUT2D eigenvalue weighted by molar-refractivity contribution is 5.81. The van der Waals surface area contributed by atoms with Crippen molar-refractivity contribution in [3.05, 3.63) is 53.6 Å². The summed E-state index contributed by atoms with van der Waals surface area (Å²) in [6.45, 7) is 4.60. The lowest BCUT2D eigenvalue weighted by Crippen LogP contribution is -2.44. The molecule has 1 aliphatic carbocycles. The number of likely N-dealkylation sites (tertiary alicyclic amines) is 1. The summed E-state index contributed by atoms with van der Waals surface area (Å²) in [7, 11) is 0. The van der Waals surface area contributed by atoms with Crippen LogP contribution < -0.4 is 0 Å². The SMILES string of the molecule is Cc1ccc(-c2nn[nH]n2)cc1-c1ccc([C@H]2CC23CCN(C(=O)[C@H]2CCCO2)CC3)cc1. The van der Waals surface area contributed by atoms with Crippen LogP contribution in [0.25, 0.3) is 22.5 Å². The Morgan fingerprint density at radius 1 is 1.12 bits per heavy atom. The van der Waals surface area contributed by atoms with Crippen molar-refractivity contribution < 1.29 is 9.53 Å². The molecule has 7 heteroatoms. The third kappa shape index (κ3) is 3.74. The molecule has 3 heterocycles. The summed E-state index contributed by atoms with van der Waals surface area (Å²) in [6, 6.07) is 15.3. The number of benzene rings is 2. The lowest BCUT2D eigenvalue weighted by atomic mass is 9.88. The van der Waals surface area contributed by atoms with E-state index in [-0.39, 0.29) is 12.0 Å². The molecular weight excluding hydrogens is 414 g/mol. The first kappa shape index (κ1) is 20.5. The minimum absolute atomic E-state index is 0.191. The van der Waals surface area contributed by atoms with Gasteiger partial charge in [0.05, 0.1) is 0 Å². The number of rotatable bonds is 4. The molecular formula is C26H29N5O2. The minimum Gasteiger partial charge on any atom is -0.368 e. The van der Waals surface area contributed by atoms with Crippen LogP contribution in [0.15, 0.2) is 42.5 Å². The van der Waals surface area contributed by atoms with Crippen LogP contribution in [0.1, 0.15) is 49.1 Å². The van der Waals surface area contributed by atoms with Gasteiger partial charge in [-0.15, -0.1) is 10.2 Å². The van der Waals surface area contributed by atoms with Crippen molar-refractivity contribution in [3.8, 4) is 22.5 Å². The number of piperidine rings is 1. The van der Waals surface area contributed by atoms with Crippen molar-refractivity contribution in [3.63, 3.8) is 0 Å². The first-order valence-corrected chi connectivity index (χ1v) is 12.0. The number of amides is 1. The van der Waals surface area contributed by atoms with Crippen LogP contribution in [-0.2, 0) is 9.53 Å². The lowest BCUT2D eigenvalue weighted by molar-refractivity contribution is -0.142. The van der Waals surface area contributed by atoms with Gasteiger partial charge in [-0.3, -0.25) is 4.79 Å². The van der Waals surface area contributed by atoms with E-state index in [4.69, 9.17) is 4.74 Å². The zero-order valence-electron chi connectivity index (χ0n) is 19.0. The number of aryl methyl sites for hydroxylation is 1. The van der Waals surface area contributed by atoms with Gasteiger partial charge in [-0.25, -0.2) is 0 Å². The van der Waals surface area contributed by atoms with Crippen LogP contribution >= 0.6 is 0 Å². The van der Waals surface area contributed by atoms with Crippen LogP contribution in [-0.4, -0.2) is 57.2 Å². The number of carbonyl (C=O) groups excluding carboxylic acids is 1. The molecule has 6 rings (SSSR count). The number of hydrogen-bond donors (Lipinski definition) is 1. The summed E-state index contributed by atoms with van der Waals surface area (Å²) in [5, 5.41) is 14.4. The van der Waals surface area contributed by atoms with Crippen molar-refractivity contribution in [1.82, 2.24) is 25.5 Å². The Balaban J connectivity index is 1.13. The van der Waals surface area contributed by atoms with Crippen molar-refractivity contribution >= 4 is 5.91 Å². The summed E-state index contributed by atoms with van der Waals surface area (Å²) in [4.78, 5) is 14.7. The number of nitrogens with zero attached hydrogens (tertiary/aromatic N) is 4. The fraction of sp³-hybridized carbons (Fsp3) is 0.462. The first-order chi connectivity index (χ1) is 16.1. The second-order valence-corrected chi connectivity index (χ2v) is 9.83. The second-order valence-electron chi connectivity index (χ2n) is 9.83. The Kier molecular flexibility index (Phi) is 5.02. The molecule has 1 aromatic heterocycles. The Labute approximate surface area is 193 Å². The quantitative estimate of drug-likeness (QED) is 0.656. The first-order valence-electron chi connectivity index (χ1n) is 12.0. The van der Waals surface area contributed by atoms with Crippen molar-refractivity contribution in [2.24, 2.45) is 5.41 Å². The molecule has 1 saturated carbocycles. The number of nitrogens with one attached hydrogen (secondary N) is 1. The van der Waals surface area contributed by atoms with E-state index in [1.165, 1.54) is 28.7 Å². The van der Waals surface area contributed by atoms with Crippen molar-refractivity contribution in [1.29, 1.82) is 0 Å². The molecule has 7 nitrogen and oxygen atoms in total. The van der Waals surface area contributed by atoms with Crippen molar-refractivity contribution in [2.45, 2.75) is 51.0 Å². The van der Waals surface area contributed by atoms with Gasteiger partial charge in [-0.2, -0.15) is 5.21 Å². The van der Waals surface area contributed by atoms with Gasteiger partial charge in [0.25, 0.3) is 5.91 Å². The Morgan fingerprint density at radius 3 is 2.61 bits per heavy atom. The summed E-state index contributed by atoms with van der Waals surface area (Å²) >= 11 is 0. The molecule has 33 heavy (non-hydrogen) atoms. The number of aromatic nitrogens is 4. The van der Waals surface area contributed by atoms with Crippen LogP contribution in [0, 0.1) is 12.3 Å². The maximum absolute atomic E-state index is 12.7. The average molecular weight is 444 g/mol. The van der Waals surface area contributed by atoms with Gasteiger partial charge in [0.1, 0.15) is 6.10 Å². The largest absolute Gasteiger partial charge is 0.368 e. The van der Waals surface area contributed by atoms with E-state index in [1.807, 2.05) is 11.0 Å². The highest BCUT2D eigenvalue weighted by Gasteiger charge is 2.55. The van der Waals surface area contributed by atoms with Gasteiger partial charge < -0.3 is 9.64 Å². The highest BCUT2D eigenvalue weighted by atomic mass is 16.5. The number of H-pyrrole nitrogens is 1. The van der Waals surface area contributed by atoms with Crippen LogP contribution in [0.5, 0.6) is 0 Å². The highest BCUT2D eigenvalue weighted by Crippen LogP contribution is 2.65. The van der Waals surface area contributed by atoms with Gasteiger partial charge in [0.2, 0.25) is 5.82 Å². The predicted molar refractivity (Wildman–Crippen MR) is 124 cm³/mol. The summed E-state index contributed by atoms with van der Waals surface area (Å²) in [5.74, 6) is 1.43. The molecule has 2 atom stereocenters. The fourth-order valence-electron chi connectivity index (χ4n) is 5.77. The second kappa shape index (κ2) is 8.06. The van der Waals surface area contributed by atoms with Gasteiger partial charge in [0, 0.05) is 25.3 Å². The number of aromatic amines is 1. The zero-order valence-corrected chi connectivity index (χ0v) is 19.0. The standard InChI is InChI=1S/C26H29N5O2/c1-17-4-5-20(24-27-29-30-28-24)15-21(17)18-6-8-19(9-7-18)22-16-26(22)10-12-31(13-11-26)25(32)23-3-2-14-33-23/h4-9,15,22-23H,2-3,10-14,16H2,1H3,(H,27,28,29,30)/t22-,23-/m1/s1. The molecule has 0 unspecified atom stereocenters. The summed E-state index contributed by atoms with van der Waals surface area (Å²) in [5.41, 5.74) is 6.37. The molecule has 170 valence electrons. The van der Waals surface area contributed by atoms with E-state index < -0.39 is 0 Å². The molecule has 3 fully saturated rings. The predicted octanol–water partition coefficient (Wildman–Crippen LogP) is 4.12. The van der Waals surface area contributed by atoms with Gasteiger partial charge in [-0.05, 0) is 83.9 Å². The topological polar surface area (TPSA) is 84.0 Å². The minimum atomic E-state index is -0.191. The van der Waals surface area contributed by atoms with Gasteiger partial charge in [0.15, 0.2) is 0 Å². The van der Waals surface area contributed by atoms with Gasteiger partial charge >= 0.3 is 0 Å². The van der Waals surface area contributed by atoms with E-state index >= 15 is 0 Å². The Morgan fingerprint density at radius 2 is 1.91 bits per heavy atom. The molecule has 1 amide bonds. The molecule has 0 bridgehead atoms. The third-order valence-corrected chi connectivity index (χ3v) is 7.93. The van der Waals surface area contributed by atoms with Crippen LogP contribution in [0.2, 0.25) is 0 Å². The molecule has 0 radical (unpaired) electrons. The maximum Gasteiger partial charge on any atom is 0.251 e. The van der Waals surface area contributed by atoms with Crippen LogP contribution in [0.3, 0.4) is 0 Å². The summed E-state index contributed by atoms with van der Waals surface area (Å²) in [6.07, 6.45) is 5.14. The van der Waals surface area contributed by atoms with E-state index in [1.54, 1.807) is 0 Å². The van der Waals surface area contributed by atoms with E-state index in [0.717, 1.165) is 50.9 Å². The van der Waals surface area contributed by atoms with Gasteiger partial charge in [-0.1, -0.05) is 36.4 Å². The van der Waals surface area contributed by atoms with E-state index in [2.05, 4.69) is 63.9 Å². The fourth-order valence-corrected chi connectivity index (χ4v) is 5.77. The van der Waals surface area contributed by atoms with Crippen LogP contribution in [0.4, 0.5) is 0 Å². The molecule has 3 aromatic rings. The third-order valence-electron chi connectivity index (χ3n) is 7.93. The molecule has 1 spiro atoms. The summed E-state index contributed by atoms with van der Waals surface area (Å²) < 4.78 is 5.61. The number of tetrazole rings is 1. The smallest absolute Gasteiger partial charge is 0.251 e. The molecule has 1 N–H and O–H groups in total. The zero-order chi connectivity index (χ0) is 22.4. The number of ether oxygens (including phenoxy) is 1. The lowest BCUT2D eigenvalue weighted by Gasteiger charge is -2.34.